The Balaban J connectivity index is 1.35. The summed E-state index contributed by atoms with van der Waals surface area (Å²) in [6.45, 7) is 16.7. The van der Waals surface area contributed by atoms with Gasteiger partial charge in [0.05, 0.1) is 12.7 Å². The van der Waals surface area contributed by atoms with Crippen molar-refractivity contribution in [2.45, 2.75) is 83.9 Å². The zero-order valence-electron chi connectivity index (χ0n) is 17.7. The number of ether oxygens (including phenoxy) is 1. The molecule has 2 atom stereocenters. The molecule has 0 aromatic rings. The monoisotopic (exact) mass is 365 g/mol. The molecule has 3 fully saturated rings. The van der Waals surface area contributed by atoms with E-state index in [0.717, 1.165) is 31.2 Å². The predicted octanol–water partition coefficient (Wildman–Crippen LogP) is 3.46. The molecule has 152 valence electrons. The van der Waals surface area contributed by atoms with Crippen LogP contribution in [0.3, 0.4) is 0 Å². The SMILES string of the molecule is CC(C)OCCN1CCCC(CC(C)N2CCC(N3CCCC3)CC2)C1. The number of likely N-dealkylation sites (tertiary alicyclic amines) is 3. The fourth-order valence-corrected chi connectivity index (χ4v) is 5.39. The van der Waals surface area contributed by atoms with Crippen molar-refractivity contribution in [3.05, 3.63) is 0 Å². The third-order valence-corrected chi connectivity index (χ3v) is 6.92. The maximum atomic E-state index is 5.75. The molecule has 4 nitrogen and oxygen atoms in total. The van der Waals surface area contributed by atoms with Gasteiger partial charge in [-0.25, -0.2) is 0 Å². The van der Waals surface area contributed by atoms with Crippen LogP contribution in [-0.2, 0) is 4.74 Å². The van der Waals surface area contributed by atoms with E-state index in [9.17, 15) is 0 Å². The summed E-state index contributed by atoms with van der Waals surface area (Å²) in [5, 5.41) is 0. The second-order valence-corrected chi connectivity index (χ2v) is 9.32. The summed E-state index contributed by atoms with van der Waals surface area (Å²) in [5.74, 6) is 0.883. The fourth-order valence-electron chi connectivity index (χ4n) is 5.39. The van der Waals surface area contributed by atoms with E-state index in [2.05, 4.69) is 35.5 Å². The highest BCUT2D eigenvalue weighted by molar-refractivity contribution is 4.85. The van der Waals surface area contributed by atoms with Gasteiger partial charge >= 0.3 is 0 Å². The molecule has 3 rings (SSSR count). The number of rotatable bonds is 8. The van der Waals surface area contributed by atoms with E-state index in [1.165, 1.54) is 84.2 Å². The third kappa shape index (κ3) is 6.19. The van der Waals surface area contributed by atoms with Crippen LogP contribution in [0.4, 0.5) is 0 Å². The molecule has 0 saturated carbocycles. The van der Waals surface area contributed by atoms with Gasteiger partial charge in [0.15, 0.2) is 0 Å². The molecule has 0 bridgehead atoms. The summed E-state index contributed by atoms with van der Waals surface area (Å²) in [4.78, 5) is 8.19. The van der Waals surface area contributed by atoms with Crippen LogP contribution in [0.5, 0.6) is 0 Å². The number of hydrogen-bond donors (Lipinski definition) is 0. The Kier molecular flexibility index (Phi) is 8.23. The maximum absolute atomic E-state index is 5.75. The topological polar surface area (TPSA) is 19.0 Å². The van der Waals surface area contributed by atoms with E-state index < -0.39 is 0 Å². The molecule has 3 heterocycles. The molecule has 0 amide bonds. The molecule has 4 heteroatoms. The standard InChI is InChI=1S/C22H43N3O/c1-19(2)26-16-15-23-10-6-7-21(18-23)17-20(3)24-13-8-22(9-14-24)25-11-4-5-12-25/h19-22H,4-18H2,1-3H3. The quantitative estimate of drug-likeness (QED) is 0.656. The molecule has 26 heavy (non-hydrogen) atoms. The number of piperidine rings is 2. The normalized spacial score (nSPS) is 28.8. The Morgan fingerprint density at radius 2 is 1.62 bits per heavy atom. The summed E-state index contributed by atoms with van der Waals surface area (Å²) in [6.07, 6.45) is 10.2. The van der Waals surface area contributed by atoms with Crippen molar-refractivity contribution in [1.82, 2.24) is 14.7 Å². The lowest BCUT2D eigenvalue weighted by molar-refractivity contribution is 0.0425. The zero-order valence-corrected chi connectivity index (χ0v) is 17.7. The van der Waals surface area contributed by atoms with Crippen LogP contribution in [0.1, 0.15) is 65.7 Å². The van der Waals surface area contributed by atoms with Crippen molar-refractivity contribution in [1.29, 1.82) is 0 Å². The van der Waals surface area contributed by atoms with Crippen LogP contribution >= 0.6 is 0 Å². The molecule has 2 unspecified atom stereocenters. The molecule has 0 aliphatic carbocycles. The average Bonchev–Trinajstić information content (AvgIpc) is 3.16. The highest BCUT2D eigenvalue weighted by Gasteiger charge is 2.29. The lowest BCUT2D eigenvalue weighted by atomic mass is 9.90. The van der Waals surface area contributed by atoms with Gasteiger partial charge in [0.1, 0.15) is 0 Å². The molecule has 3 aliphatic heterocycles. The van der Waals surface area contributed by atoms with Crippen molar-refractivity contribution in [3.63, 3.8) is 0 Å². The third-order valence-electron chi connectivity index (χ3n) is 6.92. The van der Waals surface area contributed by atoms with Crippen LogP contribution in [0.15, 0.2) is 0 Å². The molecule has 0 aromatic carbocycles. The lowest BCUT2D eigenvalue weighted by Gasteiger charge is -2.41. The zero-order chi connectivity index (χ0) is 18.4. The van der Waals surface area contributed by atoms with E-state index in [4.69, 9.17) is 4.74 Å². The summed E-state index contributed by atoms with van der Waals surface area (Å²) in [7, 11) is 0. The first kappa shape index (κ1) is 20.6. The molecule has 3 aliphatic rings. The Morgan fingerprint density at radius 3 is 2.31 bits per heavy atom. The van der Waals surface area contributed by atoms with Gasteiger partial charge < -0.3 is 19.4 Å². The fraction of sp³-hybridized carbons (Fsp3) is 1.00. The molecule has 0 N–H and O–H groups in total. The summed E-state index contributed by atoms with van der Waals surface area (Å²) in [5.41, 5.74) is 0. The van der Waals surface area contributed by atoms with Crippen LogP contribution in [-0.4, -0.2) is 85.3 Å². The summed E-state index contributed by atoms with van der Waals surface area (Å²) < 4.78 is 5.75. The highest BCUT2D eigenvalue weighted by atomic mass is 16.5. The first-order chi connectivity index (χ1) is 12.6. The first-order valence-corrected chi connectivity index (χ1v) is 11.4. The van der Waals surface area contributed by atoms with E-state index in [0.29, 0.717) is 6.10 Å². The minimum absolute atomic E-state index is 0.360. The minimum Gasteiger partial charge on any atom is -0.377 e. The molecule has 0 radical (unpaired) electrons. The Hall–Kier alpha value is -0.160. The maximum Gasteiger partial charge on any atom is 0.0596 e. The number of nitrogens with zero attached hydrogens (tertiary/aromatic N) is 3. The van der Waals surface area contributed by atoms with Gasteiger partial charge in [-0.3, -0.25) is 0 Å². The van der Waals surface area contributed by atoms with Crippen LogP contribution in [0, 0.1) is 5.92 Å². The van der Waals surface area contributed by atoms with E-state index in [1.54, 1.807) is 0 Å². The van der Waals surface area contributed by atoms with E-state index in [1.807, 2.05) is 0 Å². The first-order valence-electron chi connectivity index (χ1n) is 11.4. The van der Waals surface area contributed by atoms with Gasteiger partial charge in [-0.05, 0) is 104 Å². The Morgan fingerprint density at radius 1 is 0.885 bits per heavy atom. The van der Waals surface area contributed by atoms with Crippen LogP contribution < -0.4 is 0 Å². The van der Waals surface area contributed by atoms with E-state index in [-0.39, 0.29) is 0 Å². The van der Waals surface area contributed by atoms with Crippen molar-refractivity contribution in [2.24, 2.45) is 5.92 Å². The van der Waals surface area contributed by atoms with Gasteiger partial charge in [0.25, 0.3) is 0 Å². The second kappa shape index (κ2) is 10.4. The lowest BCUT2D eigenvalue weighted by Crippen LogP contribution is -2.48. The van der Waals surface area contributed by atoms with Gasteiger partial charge in [0.2, 0.25) is 0 Å². The Bertz CT molecular complexity index is 389. The van der Waals surface area contributed by atoms with Crippen LogP contribution in [0.25, 0.3) is 0 Å². The molecule has 0 aromatic heterocycles. The summed E-state index contributed by atoms with van der Waals surface area (Å²) in [6, 6.07) is 1.64. The van der Waals surface area contributed by atoms with Crippen molar-refractivity contribution in [2.75, 3.05) is 52.4 Å². The smallest absolute Gasteiger partial charge is 0.0596 e. The second-order valence-electron chi connectivity index (χ2n) is 9.32. The molecular weight excluding hydrogens is 322 g/mol. The van der Waals surface area contributed by atoms with Crippen LogP contribution in [0.2, 0.25) is 0 Å². The van der Waals surface area contributed by atoms with Gasteiger partial charge in [-0.1, -0.05) is 0 Å². The highest BCUT2D eigenvalue weighted by Crippen LogP contribution is 2.26. The predicted molar refractivity (Wildman–Crippen MR) is 110 cm³/mol. The van der Waals surface area contributed by atoms with Crippen molar-refractivity contribution in [3.8, 4) is 0 Å². The average molecular weight is 366 g/mol. The summed E-state index contributed by atoms with van der Waals surface area (Å²) >= 11 is 0. The Labute approximate surface area is 162 Å². The molecule has 3 saturated heterocycles. The van der Waals surface area contributed by atoms with E-state index >= 15 is 0 Å². The van der Waals surface area contributed by atoms with Crippen molar-refractivity contribution < 1.29 is 4.74 Å². The molecular formula is C22H43N3O. The molecule has 0 spiro atoms. The minimum atomic E-state index is 0.360. The van der Waals surface area contributed by atoms with Gasteiger partial charge in [-0.15, -0.1) is 0 Å². The van der Waals surface area contributed by atoms with Crippen molar-refractivity contribution >= 4 is 0 Å². The van der Waals surface area contributed by atoms with Gasteiger partial charge in [0, 0.05) is 25.2 Å². The number of hydrogen-bond acceptors (Lipinski definition) is 4. The largest absolute Gasteiger partial charge is 0.377 e. The van der Waals surface area contributed by atoms with Gasteiger partial charge in [-0.2, -0.15) is 0 Å².